The first kappa shape index (κ1) is 22.2. The molecule has 1 aliphatic carbocycles. The Bertz CT molecular complexity index is 1270. The van der Waals surface area contributed by atoms with Gasteiger partial charge >= 0.3 is 0 Å². The highest BCUT2D eigenvalue weighted by Crippen LogP contribution is 2.31. The van der Waals surface area contributed by atoms with Crippen LogP contribution in [0, 0.1) is 0 Å². The van der Waals surface area contributed by atoms with Crippen LogP contribution in [-0.2, 0) is 4.79 Å². The minimum absolute atomic E-state index is 0.115. The summed E-state index contributed by atoms with van der Waals surface area (Å²) >= 11 is 0. The van der Waals surface area contributed by atoms with E-state index in [1.807, 2.05) is 40.9 Å². The quantitative estimate of drug-likeness (QED) is 0.376. The summed E-state index contributed by atoms with van der Waals surface area (Å²) in [5, 5.41) is 10.9. The molecule has 1 aliphatic heterocycles. The Morgan fingerprint density at radius 2 is 2.18 bits per heavy atom. The molecule has 0 bridgehead atoms. The second kappa shape index (κ2) is 9.30. The molecule has 0 unspecified atom stereocenters. The van der Waals surface area contributed by atoms with Crippen molar-refractivity contribution < 1.29 is 9.53 Å². The van der Waals surface area contributed by atoms with Crippen LogP contribution in [0.5, 0.6) is 5.75 Å². The van der Waals surface area contributed by atoms with Crippen LogP contribution >= 0.6 is 0 Å². The van der Waals surface area contributed by atoms with Crippen LogP contribution in [0.1, 0.15) is 31.2 Å². The molecule has 2 aromatic heterocycles. The van der Waals surface area contributed by atoms with Crippen LogP contribution in [0.2, 0.25) is 0 Å². The number of hydrogen-bond donors (Lipinski definition) is 2. The highest BCUT2D eigenvalue weighted by Gasteiger charge is 2.24. The molecule has 3 heterocycles. The molecular weight excluding hydrogens is 428 g/mol. The monoisotopic (exact) mass is 458 g/mol. The van der Waals surface area contributed by atoms with Gasteiger partial charge in [0.15, 0.2) is 5.65 Å². The van der Waals surface area contributed by atoms with Gasteiger partial charge in [0, 0.05) is 47.5 Å². The fraction of sp³-hybridized carbons (Fsp3) is 0.346. The average Bonchev–Trinajstić information content (AvgIpc) is 3.44. The number of aromatic nitrogens is 3. The lowest BCUT2D eigenvalue weighted by Crippen LogP contribution is -2.15. The molecule has 8 nitrogen and oxygen atoms in total. The number of carbonyl (C=O) groups excluding carboxylic acids is 1. The number of benzene rings is 1. The number of ether oxygens (including phenoxy) is 1. The Hall–Kier alpha value is -3.65. The maximum absolute atomic E-state index is 12.2. The van der Waals surface area contributed by atoms with Crippen molar-refractivity contribution in [2.75, 3.05) is 32.6 Å². The summed E-state index contributed by atoms with van der Waals surface area (Å²) in [6.45, 7) is 5.51. The lowest BCUT2D eigenvalue weighted by atomic mass is 10.1. The molecule has 0 radical (unpaired) electrons. The van der Waals surface area contributed by atoms with Crippen molar-refractivity contribution in [2.24, 2.45) is 0 Å². The summed E-state index contributed by atoms with van der Waals surface area (Å²) < 4.78 is 7.80. The van der Waals surface area contributed by atoms with Gasteiger partial charge in [-0.3, -0.25) is 4.79 Å². The van der Waals surface area contributed by atoms with Crippen LogP contribution in [0.25, 0.3) is 23.0 Å². The Labute approximate surface area is 199 Å². The molecular formula is C26H30N6O2. The molecule has 0 atom stereocenters. The van der Waals surface area contributed by atoms with Gasteiger partial charge < -0.3 is 20.3 Å². The summed E-state index contributed by atoms with van der Waals surface area (Å²) in [6.07, 6.45) is 7.39. The van der Waals surface area contributed by atoms with E-state index in [9.17, 15) is 4.79 Å². The smallest absolute Gasteiger partial charge is 0.251 e. The predicted octanol–water partition coefficient (Wildman–Crippen LogP) is 3.72. The van der Waals surface area contributed by atoms with E-state index in [0.29, 0.717) is 36.0 Å². The zero-order chi connectivity index (χ0) is 23.7. The van der Waals surface area contributed by atoms with Gasteiger partial charge in [0.05, 0.1) is 18.5 Å². The summed E-state index contributed by atoms with van der Waals surface area (Å²) in [5.41, 5.74) is 4.68. The Morgan fingerprint density at radius 3 is 2.91 bits per heavy atom. The number of amides is 1. The highest BCUT2D eigenvalue weighted by atomic mass is 16.5. The van der Waals surface area contributed by atoms with E-state index in [4.69, 9.17) is 9.72 Å². The van der Waals surface area contributed by atoms with E-state index in [1.165, 1.54) is 0 Å². The van der Waals surface area contributed by atoms with Gasteiger partial charge in [-0.05, 0) is 51.6 Å². The van der Waals surface area contributed by atoms with Gasteiger partial charge in [-0.1, -0.05) is 18.7 Å². The van der Waals surface area contributed by atoms with E-state index in [2.05, 4.69) is 41.3 Å². The zero-order valence-electron chi connectivity index (χ0n) is 19.7. The van der Waals surface area contributed by atoms with Crippen molar-refractivity contribution in [1.29, 1.82) is 0 Å². The normalized spacial score (nSPS) is 17.1. The van der Waals surface area contributed by atoms with E-state index in [1.54, 1.807) is 6.20 Å². The van der Waals surface area contributed by atoms with Gasteiger partial charge in [-0.25, -0.2) is 4.98 Å². The fourth-order valence-corrected chi connectivity index (χ4v) is 3.98. The second-order valence-electron chi connectivity index (χ2n) is 9.22. The molecule has 176 valence electrons. The molecule has 2 fully saturated rings. The van der Waals surface area contributed by atoms with E-state index < -0.39 is 0 Å². The summed E-state index contributed by atoms with van der Waals surface area (Å²) in [7, 11) is 4.12. The Balaban J connectivity index is 1.49. The first-order chi connectivity index (χ1) is 16.5. The maximum atomic E-state index is 12.2. The molecule has 1 aromatic carbocycles. The summed E-state index contributed by atoms with van der Waals surface area (Å²) in [4.78, 5) is 19.3. The van der Waals surface area contributed by atoms with Gasteiger partial charge in [0.2, 0.25) is 0 Å². The average molecular weight is 459 g/mol. The SMILES string of the molecule is C=C1C/C(=C\c2cnn3c(NC4CC4)cc(-c4cccc(OCCCN(C)C)c4)nc23)C(=O)N1. The highest BCUT2D eigenvalue weighted by molar-refractivity contribution is 6.02. The predicted molar refractivity (Wildman–Crippen MR) is 134 cm³/mol. The zero-order valence-corrected chi connectivity index (χ0v) is 19.7. The third kappa shape index (κ3) is 4.97. The molecule has 5 rings (SSSR count). The second-order valence-corrected chi connectivity index (χ2v) is 9.22. The van der Waals surface area contributed by atoms with Crippen molar-refractivity contribution in [3.05, 3.63) is 59.9 Å². The van der Waals surface area contributed by atoms with Crippen molar-refractivity contribution in [3.8, 4) is 17.0 Å². The fourth-order valence-electron chi connectivity index (χ4n) is 3.98. The number of allylic oxidation sites excluding steroid dienone is 1. The number of rotatable bonds is 9. The lowest BCUT2D eigenvalue weighted by Gasteiger charge is -2.12. The molecule has 1 amide bonds. The van der Waals surface area contributed by atoms with Crippen molar-refractivity contribution in [2.45, 2.75) is 31.7 Å². The third-order valence-electron chi connectivity index (χ3n) is 5.89. The van der Waals surface area contributed by atoms with Crippen LogP contribution in [0.4, 0.5) is 5.82 Å². The van der Waals surface area contributed by atoms with Crippen LogP contribution < -0.4 is 15.4 Å². The van der Waals surface area contributed by atoms with E-state index >= 15 is 0 Å². The van der Waals surface area contributed by atoms with Crippen LogP contribution in [-0.4, -0.2) is 58.7 Å². The first-order valence-corrected chi connectivity index (χ1v) is 11.7. The van der Waals surface area contributed by atoms with Gasteiger partial charge in [0.25, 0.3) is 5.91 Å². The van der Waals surface area contributed by atoms with Crippen molar-refractivity contribution in [1.82, 2.24) is 24.8 Å². The van der Waals surface area contributed by atoms with Crippen molar-refractivity contribution in [3.63, 3.8) is 0 Å². The minimum atomic E-state index is -0.115. The molecule has 2 N–H and O–H groups in total. The molecule has 8 heteroatoms. The van der Waals surface area contributed by atoms with Crippen molar-refractivity contribution >= 4 is 23.4 Å². The van der Waals surface area contributed by atoms with Gasteiger partial charge in [-0.15, -0.1) is 0 Å². The third-order valence-corrected chi connectivity index (χ3v) is 5.89. The molecule has 1 saturated heterocycles. The number of nitrogens with one attached hydrogen (secondary N) is 2. The summed E-state index contributed by atoms with van der Waals surface area (Å²) in [5.74, 6) is 1.60. The molecule has 34 heavy (non-hydrogen) atoms. The standard InChI is InChI=1S/C26H30N6O2/c1-17-12-19(26(33)28-17)13-20-16-27-32-24(29-21-8-9-21)15-23(30-25(20)32)18-6-4-7-22(14-18)34-11-5-10-31(2)3/h4,6-7,13-16,21,29H,1,5,8-12H2,2-3H3,(H,28,33)/b19-13+. The first-order valence-electron chi connectivity index (χ1n) is 11.7. The van der Waals surface area contributed by atoms with E-state index in [0.717, 1.165) is 54.2 Å². The van der Waals surface area contributed by atoms with Crippen LogP contribution in [0.3, 0.4) is 0 Å². The lowest BCUT2D eigenvalue weighted by molar-refractivity contribution is -0.115. The largest absolute Gasteiger partial charge is 0.494 e. The topological polar surface area (TPSA) is 83.8 Å². The number of hydrogen-bond acceptors (Lipinski definition) is 6. The summed E-state index contributed by atoms with van der Waals surface area (Å²) in [6, 6.07) is 10.5. The molecule has 0 spiro atoms. The number of carbonyl (C=O) groups is 1. The van der Waals surface area contributed by atoms with Crippen LogP contribution in [0.15, 0.2) is 54.4 Å². The molecule has 3 aromatic rings. The van der Waals surface area contributed by atoms with Gasteiger partial charge in [-0.2, -0.15) is 9.61 Å². The van der Waals surface area contributed by atoms with E-state index in [-0.39, 0.29) is 5.91 Å². The Morgan fingerprint density at radius 1 is 1.32 bits per heavy atom. The number of fused-ring (bicyclic) bond motifs is 1. The molecule has 2 aliphatic rings. The maximum Gasteiger partial charge on any atom is 0.251 e. The number of anilines is 1. The molecule has 1 saturated carbocycles. The minimum Gasteiger partial charge on any atom is -0.494 e. The number of nitrogens with zero attached hydrogens (tertiary/aromatic N) is 4. The van der Waals surface area contributed by atoms with Gasteiger partial charge in [0.1, 0.15) is 11.6 Å². The Kier molecular flexibility index (Phi) is 6.06.